The second-order valence-corrected chi connectivity index (χ2v) is 5.01. The van der Waals surface area contributed by atoms with Gasteiger partial charge in [-0.2, -0.15) is 0 Å². The molecule has 0 unspecified atom stereocenters. The molecule has 0 bridgehead atoms. The van der Waals surface area contributed by atoms with Gasteiger partial charge in [-0.3, -0.25) is 0 Å². The molecule has 0 aromatic heterocycles. The summed E-state index contributed by atoms with van der Waals surface area (Å²) in [5.74, 6) is 0. The molecule has 0 saturated heterocycles. The van der Waals surface area contributed by atoms with Crippen LogP contribution in [0.25, 0.3) is 16.7 Å². The largest absolute Gasteiger partial charge is 0.0990 e. The topological polar surface area (TPSA) is 0 Å². The van der Waals surface area contributed by atoms with Gasteiger partial charge in [-0.05, 0) is 52.3 Å². The lowest BCUT2D eigenvalue weighted by atomic mass is 9.95. The van der Waals surface area contributed by atoms with Gasteiger partial charge in [0.15, 0.2) is 0 Å². The van der Waals surface area contributed by atoms with Gasteiger partial charge in [-0.15, -0.1) is 0 Å². The van der Waals surface area contributed by atoms with E-state index in [4.69, 9.17) is 0 Å². The molecule has 0 radical (unpaired) electrons. The summed E-state index contributed by atoms with van der Waals surface area (Å²) in [6.07, 6.45) is 5.11. The van der Waals surface area contributed by atoms with Crippen LogP contribution < -0.4 is 0 Å². The first-order valence-electron chi connectivity index (χ1n) is 6.83. The standard InChI is InChI=1S/C19H18/c1-4-8-17-18-13(3)9-6-11-15(18)16-12-7-10-14(5-2)19(16)17/h4,6-12H,1,5H2,2-3H3/b17-8-. The molecule has 0 saturated carbocycles. The molecule has 0 heterocycles. The van der Waals surface area contributed by atoms with E-state index in [0.29, 0.717) is 0 Å². The number of benzene rings is 2. The van der Waals surface area contributed by atoms with E-state index in [1.54, 1.807) is 0 Å². The molecule has 0 spiro atoms. The molecular formula is C19H18. The summed E-state index contributed by atoms with van der Waals surface area (Å²) in [6.45, 7) is 8.29. The summed E-state index contributed by atoms with van der Waals surface area (Å²) in [6, 6.07) is 13.2. The SMILES string of the molecule is C=C/C=C1/c2c(C)cccc2-c2cccc(CC)c21. The number of allylic oxidation sites excluding steroid dienone is 2. The van der Waals surface area contributed by atoms with Crippen molar-refractivity contribution in [1.82, 2.24) is 0 Å². The van der Waals surface area contributed by atoms with Crippen LogP contribution in [0.3, 0.4) is 0 Å². The van der Waals surface area contributed by atoms with E-state index in [9.17, 15) is 0 Å². The van der Waals surface area contributed by atoms with Crippen LogP contribution in [0.5, 0.6) is 0 Å². The lowest BCUT2D eigenvalue weighted by molar-refractivity contribution is 1.13. The summed E-state index contributed by atoms with van der Waals surface area (Å²) in [4.78, 5) is 0. The number of aryl methyl sites for hydroxylation is 2. The van der Waals surface area contributed by atoms with E-state index < -0.39 is 0 Å². The Morgan fingerprint density at radius 3 is 2.37 bits per heavy atom. The van der Waals surface area contributed by atoms with Crippen LogP contribution in [0.2, 0.25) is 0 Å². The van der Waals surface area contributed by atoms with Crippen molar-refractivity contribution in [1.29, 1.82) is 0 Å². The van der Waals surface area contributed by atoms with Crippen LogP contribution in [0, 0.1) is 6.92 Å². The van der Waals surface area contributed by atoms with E-state index in [1.165, 1.54) is 39.0 Å². The summed E-state index contributed by atoms with van der Waals surface area (Å²) < 4.78 is 0. The minimum atomic E-state index is 1.06. The second kappa shape index (κ2) is 4.55. The smallest absolute Gasteiger partial charge is 0.00669 e. The molecule has 19 heavy (non-hydrogen) atoms. The Labute approximate surface area is 115 Å². The molecule has 0 heteroatoms. The molecule has 0 amide bonds. The highest BCUT2D eigenvalue weighted by Crippen LogP contribution is 2.47. The highest BCUT2D eigenvalue weighted by atomic mass is 14.3. The van der Waals surface area contributed by atoms with Gasteiger partial charge in [-0.25, -0.2) is 0 Å². The van der Waals surface area contributed by atoms with Crippen LogP contribution in [-0.2, 0) is 6.42 Å². The normalized spacial score (nSPS) is 14.3. The molecule has 0 aliphatic heterocycles. The Hall–Kier alpha value is -2.08. The maximum Gasteiger partial charge on any atom is -0.00669 e. The van der Waals surface area contributed by atoms with E-state index in [2.05, 4.69) is 62.9 Å². The summed E-state index contributed by atoms with van der Waals surface area (Å²) in [7, 11) is 0. The fourth-order valence-corrected chi connectivity index (χ4v) is 3.10. The molecular weight excluding hydrogens is 228 g/mol. The molecule has 0 nitrogen and oxygen atoms in total. The van der Waals surface area contributed by atoms with Gasteiger partial charge in [0.2, 0.25) is 0 Å². The van der Waals surface area contributed by atoms with Crippen molar-refractivity contribution in [3.05, 3.63) is 77.4 Å². The third-order valence-electron chi connectivity index (χ3n) is 3.92. The van der Waals surface area contributed by atoms with Crippen molar-refractivity contribution >= 4 is 5.57 Å². The predicted molar refractivity (Wildman–Crippen MR) is 83.3 cm³/mol. The predicted octanol–water partition coefficient (Wildman–Crippen LogP) is 5.16. The maximum absolute atomic E-state index is 3.88. The Bertz CT molecular complexity index is 687. The van der Waals surface area contributed by atoms with Crippen LogP contribution >= 0.6 is 0 Å². The van der Waals surface area contributed by atoms with Gasteiger partial charge in [0, 0.05) is 0 Å². The molecule has 3 rings (SSSR count). The molecule has 1 aliphatic rings. The summed E-state index contributed by atoms with van der Waals surface area (Å²) >= 11 is 0. The maximum atomic E-state index is 3.88. The fourth-order valence-electron chi connectivity index (χ4n) is 3.10. The van der Waals surface area contributed by atoms with Crippen molar-refractivity contribution in [3.8, 4) is 11.1 Å². The lowest BCUT2D eigenvalue weighted by Crippen LogP contribution is -1.90. The number of hydrogen-bond acceptors (Lipinski definition) is 0. The van der Waals surface area contributed by atoms with Crippen molar-refractivity contribution < 1.29 is 0 Å². The highest BCUT2D eigenvalue weighted by molar-refractivity contribution is 6.03. The molecule has 0 N–H and O–H groups in total. The van der Waals surface area contributed by atoms with Gasteiger partial charge in [0.1, 0.15) is 0 Å². The zero-order valence-electron chi connectivity index (χ0n) is 11.5. The van der Waals surface area contributed by atoms with Gasteiger partial charge in [0.05, 0.1) is 0 Å². The van der Waals surface area contributed by atoms with Gasteiger partial charge in [-0.1, -0.05) is 62.1 Å². The Morgan fingerprint density at radius 1 is 1.00 bits per heavy atom. The molecule has 0 fully saturated rings. The van der Waals surface area contributed by atoms with Crippen molar-refractivity contribution in [2.24, 2.45) is 0 Å². The first kappa shape index (κ1) is 12.0. The average molecular weight is 246 g/mol. The number of rotatable bonds is 2. The van der Waals surface area contributed by atoms with Gasteiger partial charge < -0.3 is 0 Å². The Morgan fingerprint density at radius 2 is 1.68 bits per heavy atom. The average Bonchev–Trinajstić information content (AvgIpc) is 2.75. The van der Waals surface area contributed by atoms with Crippen LogP contribution in [-0.4, -0.2) is 0 Å². The summed E-state index contributed by atoms with van der Waals surface area (Å²) in [5.41, 5.74) is 9.58. The van der Waals surface area contributed by atoms with Crippen molar-refractivity contribution in [2.45, 2.75) is 20.3 Å². The number of fused-ring (bicyclic) bond motifs is 3. The Balaban J connectivity index is 2.42. The molecule has 94 valence electrons. The molecule has 1 aliphatic carbocycles. The molecule has 2 aromatic carbocycles. The first-order valence-corrected chi connectivity index (χ1v) is 6.83. The van der Waals surface area contributed by atoms with Gasteiger partial charge in [0.25, 0.3) is 0 Å². The minimum Gasteiger partial charge on any atom is -0.0990 e. The third kappa shape index (κ3) is 1.67. The zero-order chi connectivity index (χ0) is 13.4. The van der Waals surface area contributed by atoms with E-state index >= 15 is 0 Å². The van der Waals surface area contributed by atoms with Gasteiger partial charge >= 0.3 is 0 Å². The number of hydrogen-bond donors (Lipinski definition) is 0. The lowest BCUT2D eigenvalue weighted by Gasteiger charge is -2.08. The molecule has 0 atom stereocenters. The van der Waals surface area contributed by atoms with E-state index in [1.807, 2.05) is 6.08 Å². The van der Waals surface area contributed by atoms with E-state index in [-0.39, 0.29) is 0 Å². The van der Waals surface area contributed by atoms with Crippen molar-refractivity contribution in [2.75, 3.05) is 0 Å². The summed E-state index contributed by atoms with van der Waals surface area (Å²) in [5, 5.41) is 0. The van der Waals surface area contributed by atoms with Crippen LogP contribution in [0.15, 0.2) is 55.1 Å². The second-order valence-electron chi connectivity index (χ2n) is 5.01. The fraction of sp³-hybridized carbons (Fsp3) is 0.158. The minimum absolute atomic E-state index is 1.06. The monoisotopic (exact) mass is 246 g/mol. The van der Waals surface area contributed by atoms with E-state index in [0.717, 1.165) is 6.42 Å². The molecule has 2 aromatic rings. The highest BCUT2D eigenvalue weighted by Gasteiger charge is 2.25. The Kier molecular flexibility index (Phi) is 2.87. The van der Waals surface area contributed by atoms with Crippen LogP contribution in [0.1, 0.15) is 29.2 Å². The quantitative estimate of drug-likeness (QED) is 0.586. The zero-order valence-corrected chi connectivity index (χ0v) is 11.5. The van der Waals surface area contributed by atoms with Crippen molar-refractivity contribution in [3.63, 3.8) is 0 Å². The third-order valence-corrected chi connectivity index (χ3v) is 3.92. The first-order chi connectivity index (χ1) is 9.27. The van der Waals surface area contributed by atoms with Crippen LogP contribution in [0.4, 0.5) is 0 Å².